The van der Waals surface area contributed by atoms with Gasteiger partial charge in [-0.25, -0.2) is 19.9 Å². The molecule has 0 atom stereocenters. The standard InChI is InChI=1S/C16H16N8O3/c17-11-2-1-10(7-13(11)24(25)26)21-15-14-12(19-9-20-15)8-18-16(22-14)23-3-5-27-6-4-23/h1-2,7-9H,3-6,17H2,(H,19,20,21). The summed E-state index contributed by atoms with van der Waals surface area (Å²) in [6.45, 7) is 2.64. The Balaban J connectivity index is 1.71. The predicted octanol–water partition coefficient (Wildman–Crippen LogP) is 1.49. The van der Waals surface area contributed by atoms with Gasteiger partial charge in [0.2, 0.25) is 5.95 Å². The summed E-state index contributed by atoms with van der Waals surface area (Å²) >= 11 is 0. The molecular formula is C16H16N8O3. The number of ether oxygens (including phenoxy) is 1. The molecule has 1 saturated heterocycles. The van der Waals surface area contributed by atoms with Crippen LogP contribution in [0.5, 0.6) is 0 Å². The first kappa shape index (κ1) is 16.8. The zero-order valence-electron chi connectivity index (χ0n) is 14.2. The number of anilines is 4. The number of nitro benzene ring substituents is 1. The molecule has 1 fully saturated rings. The highest BCUT2D eigenvalue weighted by Crippen LogP contribution is 2.28. The molecule has 4 rings (SSSR count). The highest BCUT2D eigenvalue weighted by molar-refractivity contribution is 5.87. The summed E-state index contributed by atoms with van der Waals surface area (Å²) in [5, 5.41) is 14.1. The number of morpholine rings is 1. The predicted molar refractivity (Wildman–Crippen MR) is 99.0 cm³/mol. The lowest BCUT2D eigenvalue weighted by atomic mass is 10.2. The molecule has 3 N–H and O–H groups in total. The van der Waals surface area contributed by atoms with Gasteiger partial charge in [0, 0.05) is 24.8 Å². The van der Waals surface area contributed by atoms with E-state index in [0.717, 1.165) is 0 Å². The highest BCUT2D eigenvalue weighted by Gasteiger charge is 2.17. The Morgan fingerprint density at radius 2 is 2.04 bits per heavy atom. The zero-order valence-corrected chi connectivity index (χ0v) is 14.2. The fourth-order valence-electron chi connectivity index (χ4n) is 2.77. The molecule has 138 valence electrons. The van der Waals surface area contributed by atoms with Crippen LogP contribution in [0.25, 0.3) is 11.0 Å². The van der Waals surface area contributed by atoms with Crippen molar-refractivity contribution in [3.05, 3.63) is 40.8 Å². The largest absolute Gasteiger partial charge is 0.393 e. The van der Waals surface area contributed by atoms with Gasteiger partial charge in [0.05, 0.1) is 24.3 Å². The minimum Gasteiger partial charge on any atom is -0.393 e. The monoisotopic (exact) mass is 368 g/mol. The van der Waals surface area contributed by atoms with E-state index in [4.69, 9.17) is 10.5 Å². The summed E-state index contributed by atoms with van der Waals surface area (Å²) in [5.41, 5.74) is 7.12. The van der Waals surface area contributed by atoms with Crippen molar-refractivity contribution in [1.82, 2.24) is 19.9 Å². The van der Waals surface area contributed by atoms with Crippen LogP contribution in [0.2, 0.25) is 0 Å². The minimum atomic E-state index is -0.530. The summed E-state index contributed by atoms with van der Waals surface area (Å²) in [7, 11) is 0. The van der Waals surface area contributed by atoms with E-state index in [1.165, 1.54) is 18.5 Å². The Labute approximate surface area is 153 Å². The Morgan fingerprint density at radius 3 is 2.81 bits per heavy atom. The molecule has 3 aromatic rings. The number of hydrogen-bond donors (Lipinski definition) is 2. The van der Waals surface area contributed by atoms with Crippen LogP contribution in [0.4, 0.5) is 28.8 Å². The van der Waals surface area contributed by atoms with Crippen LogP contribution in [0.1, 0.15) is 0 Å². The maximum atomic E-state index is 11.1. The van der Waals surface area contributed by atoms with Gasteiger partial charge in [0.15, 0.2) is 5.82 Å². The molecule has 3 heterocycles. The molecule has 0 saturated carbocycles. The number of nitrogen functional groups attached to an aromatic ring is 1. The second kappa shape index (κ2) is 6.96. The topological polar surface area (TPSA) is 145 Å². The van der Waals surface area contributed by atoms with Crippen molar-refractivity contribution in [2.45, 2.75) is 0 Å². The molecule has 11 nitrogen and oxygen atoms in total. The van der Waals surface area contributed by atoms with E-state index in [-0.39, 0.29) is 11.4 Å². The first-order valence-corrected chi connectivity index (χ1v) is 8.23. The van der Waals surface area contributed by atoms with Gasteiger partial charge < -0.3 is 20.7 Å². The van der Waals surface area contributed by atoms with E-state index >= 15 is 0 Å². The lowest BCUT2D eigenvalue weighted by Gasteiger charge is -2.26. The van der Waals surface area contributed by atoms with Crippen LogP contribution in [0.15, 0.2) is 30.7 Å². The smallest absolute Gasteiger partial charge is 0.294 e. The first-order chi connectivity index (χ1) is 13.1. The van der Waals surface area contributed by atoms with E-state index < -0.39 is 4.92 Å². The molecule has 0 spiro atoms. The van der Waals surface area contributed by atoms with Gasteiger partial charge in [-0.1, -0.05) is 0 Å². The highest BCUT2D eigenvalue weighted by atomic mass is 16.6. The molecule has 27 heavy (non-hydrogen) atoms. The van der Waals surface area contributed by atoms with Crippen LogP contribution in [0, 0.1) is 10.1 Å². The van der Waals surface area contributed by atoms with E-state index in [2.05, 4.69) is 25.3 Å². The third kappa shape index (κ3) is 3.40. The van der Waals surface area contributed by atoms with Gasteiger partial charge in [0.25, 0.3) is 5.69 Å². The Bertz CT molecular complexity index is 1010. The van der Waals surface area contributed by atoms with Gasteiger partial charge in [-0.2, -0.15) is 0 Å². The van der Waals surface area contributed by atoms with Crippen LogP contribution in [0.3, 0.4) is 0 Å². The van der Waals surface area contributed by atoms with E-state index in [9.17, 15) is 10.1 Å². The third-order valence-corrected chi connectivity index (χ3v) is 4.15. The fourth-order valence-corrected chi connectivity index (χ4v) is 2.77. The summed E-state index contributed by atoms with van der Waals surface area (Å²) < 4.78 is 5.35. The van der Waals surface area contributed by atoms with Gasteiger partial charge in [-0.15, -0.1) is 0 Å². The van der Waals surface area contributed by atoms with Crippen molar-refractivity contribution < 1.29 is 9.66 Å². The number of nitrogens with zero attached hydrogens (tertiary/aromatic N) is 6. The third-order valence-electron chi connectivity index (χ3n) is 4.15. The van der Waals surface area contributed by atoms with Crippen molar-refractivity contribution in [3.8, 4) is 0 Å². The number of fused-ring (bicyclic) bond motifs is 1. The molecular weight excluding hydrogens is 352 g/mol. The van der Waals surface area contributed by atoms with Crippen molar-refractivity contribution in [2.24, 2.45) is 0 Å². The average molecular weight is 368 g/mol. The minimum absolute atomic E-state index is 0.0926. The van der Waals surface area contributed by atoms with Gasteiger partial charge in [-0.3, -0.25) is 10.1 Å². The average Bonchev–Trinajstić information content (AvgIpc) is 2.70. The van der Waals surface area contributed by atoms with E-state index in [1.54, 1.807) is 12.3 Å². The quantitative estimate of drug-likeness (QED) is 0.394. The summed E-state index contributed by atoms with van der Waals surface area (Å²) in [4.78, 5) is 29.9. The zero-order chi connectivity index (χ0) is 18.8. The number of nitrogens with two attached hydrogens (primary N) is 1. The molecule has 2 aromatic heterocycles. The first-order valence-electron chi connectivity index (χ1n) is 8.23. The molecule has 0 bridgehead atoms. The van der Waals surface area contributed by atoms with Crippen LogP contribution in [-0.4, -0.2) is 51.2 Å². The van der Waals surface area contributed by atoms with Gasteiger partial charge in [0.1, 0.15) is 23.0 Å². The SMILES string of the molecule is Nc1ccc(Nc2ncnc3cnc(N4CCOCC4)nc23)cc1[N+](=O)[O-]. The molecule has 1 aliphatic heterocycles. The molecule has 1 aliphatic rings. The number of hydrogen-bond acceptors (Lipinski definition) is 10. The number of nitro groups is 1. The van der Waals surface area contributed by atoms with Crippen LogP contribution < -0.4 is 16.0 Å². The lowest BCUT2D eigenvalue weighted by Crippen LogP contribution is -2.37. The Hall–Kier alpha value is -3.60. The fraction of sp³-hybridized carbons (Fsp3) is 0.250. The molecule has 1 aromatic carbocycles. The normalized spacial score (nSPS) is 14.3. The number of nitrogens with one attached hydrogen (secondary N) is 1. The Kier molecular flexibility index (Phi) is 4.34. The van der Waals surface area contributed by atoms with Crippen molar-refractivity contribution in [2.75, 3.05) is 42.3 Å². The van der Waals surface area contributed by atoms with Crippen molar-refractivity contribution in [1.29, 1.82) is 0 Å². The van der Waals surface area contributed by atoms with Crippen molar-refractivity contribution >= 4 is 39.9 Å². The van der Waals surface area contributed by atoms with Crippen LogP contribution >= 0.6 is 0 Å². The lowest BCUT2D eigenvalue weighted by molar-refractivity contribution is -0.383. The Morgan fingerprint density at radius 1 is 1.22 bits per heavy atom. The molecule has 11 heteroatoms. The van der Waals surface area contributed by atoms with E-state index in [0.29, 0.717) is 54.8 Å². The summed E-state index contributed by atoms with van der Waals surface area (Å²) in [5.74, 6) is 0.989. The maximum Gasteiger partial charge on any atom is 0.294 e. The second-order valence-corrected chi connectivity index (χ2v) is 5.88. The van der Waals surface area contributed by atoms with Gasteiger partial charge >= 0.3 is 0 Å². The number of benzene rings is 1. The molecule has 0 radical (unpaired) electrons. The second-order valence-electron chi connectivity index (χ2n) is 5.88. The molecule has 0 unspecified atom stereocenters. The molecule has 0 aliphatic carbocycles. The van der Waals surface area contributed by atoms with Crippen molar-refractivity contribution in [3.63, 3.8) is 0 Å². The summed E-state index contributed by atoms with van der Waals surface area (Å²) in [6, 6.07) is 4.46. The maximum absolute atomic E-state index is 11.1. The van der Waals surface area contributed by atoms with E-state index in [1.807, 2.05) is 4.90 Å². The summed E-state index contributed by atoms with van der Waals surface area (Å²) in [6.07, 6.45) is 3.01. The number of aromatic nitrogens is 4. The van der Waals surface area contributed by atoms with Gasteiger partial charge in [-0.05, 0) is 12.1 Å². The van der Waals surface area contributed by atoms with Crippen LogP contribution in [-0.2, 0) is 4.74 Å². The number of rotatable bonds is 4. The molecule has 0 amide bonds.